The molecule has 140 valence electrons. The van der Waals surface area contributed by atoms with E-state index in [4.69, 9.17) is 4.74 Å². The largest absolute Gasteiger partial charge is 0.493 e. The molecule has 0 saturated heterocycles. The Morgan fingerprint density at radius 1 is 1.00 bits per heavy atom. The van der Waals surface area contributed by atoms with Gasteiger partial charge in [0.15, 0.2) is 0 Å². The van der Waals surface area contributed by atoms with E-state index in [2.05, 4.69) is 0 Å². The zero-order valence-corrected chi connectivity index (χ0v) is 15.8. The standard InChI is InChI=1S/C20H30O5/c1-6-7-11-25-15-10-8-9-14(16(12(2)3)19(21)22)18(15)17(13(4)5)20(23)24/h8-10,12-13,16-17H,6-7,11H2,1-5H3,(H,21,22)(H,23,24). The average Bonchev–Trinajstić information content (AvgIpc) is 2.48. The van der Waals surface area contributed by atoms with Crippen LogP contribution in [0.1, 0.15) is 70.4 Å². The summed E-state index contributed by atoms with van der Waals surface area (Å²) in [6.07, 6.45) is 1.82. The first kappa shape index (κ1) is 21.0. The molecule has 5 heteroatoms. The van der Waals surface area contributed by atoms with Crippen molar-refractivity contribution in [2.45, 2.75) is 59.3 Å². The van der Waals surface area contributed by atoms with E-state index in [0.29, 0.717) is 23.5 Å². The Morgan fingerprint density at radius 3 is 2.00 bits per heavy atom. The normalized spacial score (nSPS) is 13.7. The maximum Gasteiger partial charge on any atom is 0.311 e. The minimum absolute atomic E-state index is 0.163. The number of hydrogen-bond acceptors (Lipinski definition) is 3. The molecule has 25 heavy (non-hydrogen) atoms. The SMILES string of the molecule is CCCCOc1cccc(C(C(=O)O)C(C)C)c1C(C(=O)O)C(C)C. The molecule has 0 aliphatic heterocycles. The Labute approximate surface area is 150 Å². The molecule has 0 saturated carbocycles. The molecule has 1 aromatic carbocycles. The van der Waals surface area contributed by atoms with Gasteiger partial charge in [0, 0.05) is 5.56 Å². The fourth-order valence-corrected chi connectivity index (χ4v) is 3.14. The lowest BCUT2D eigenvalue weighted by molar-refractivity contribution is -0.141. The minimum Gasteiger partial charge on any atom is -0.493 e. The van der Waals surface area contributed by atoms with E-state index in [1.54, 1.807) is 18.2 Å². The van der Waals surface area contributed by atoms with Gasteiger partial charge in [0.05, 0.1) is 18.4 Å². The Bertz CT molecular complexity index is 592. The van der Waals surface area contributed by atoms with Crippen LogP contribution in [0.25, 0.3) is 0 Å². The van der Waals surface area contributed by atoms with E-state index in [1.165, 1.54) is 0 Å². The van der Waals surface area contributed by atoms with Gasteiger partial charge in [0.1, 0.15) is 5.75 Å². The highest BCUT2D eigenvalue weighted by molar-refractivity contribution is 5.82. The molecule has 0 aliphatic carbocycles. The third-order valence-electron chi connectivity index (χ3n) is 4.37. The van der Waals surface area contributed by atoms with Gasteiger partial charge < -0.3 is 14.9 Å². The van der Waals surface area contributed by atoms with Gasteiger partial charge in [0.2, 0.25) is 0 Å². The van der Waals surface area contributed by atoms with Gasteiger partial charge in [-0.2, -0.15) is 0 Å². The van der Waals surface area contributed by atoms with Gasteiger partial charge in [-0.25, -0.2) is 0 Å². The van der Waals surface area contributed by atoms with Gasteiger partial charge in [-0.1, -0.05) is 53.2 Å². The van der Waals surface area contributed by atoms with E-state index in [9.17, 15) is 19.8 Å². The number of carbonyl (C=O) groups is 2. The molecular weight excluding hydrogens is 320 g/mol. The molecule has 0 spiro atoms. The number of unbranched alkanes of at least 4 members (excludes halogenated alkanes) is 1. The Kier molecular flexibility index (Phi) is 7.94. The van der Waals surface area contributed by atoms with Crippen molar-refractivity contribution in [3.8, 4) is 5.75 Å². The van der Waals surface area contributed by atoms with Crippen LogP contribution >= 0.6 is 0 Å². The van der Waals surface area contributed by atoms with Crippen LogP contribution in [-0.4, -0.2) is 28.8 Å². The van der Waals surface area contributed by atoms with Crippen LogP contribution in [0.4, 0.5) is 0 Å². The van der Waals surface area contributed by atoms with Gasteiger partial charge in [0.25, 0.3) is 0 Å². The maximum absolute atomic E-state index is 11.9. The molecule has 0 heterocycles. The fraction of sp³-hybridized carbons (Fsp3) is 0.600. The molecule has 0 bridgehead atoms. The predicted molar refractivity (Wildman–Crippen MR) is 97.3 cm³/mol. The lowest BCUT2D eigenvalue weighted by atomic mass is 9.78. The Hall–Kier alpha value is -2.04. The number of ether oxygens (including phenoxy) is 1. The quantitative estimate of drug-likeness (QED) is 0.606. The van der Waals surface area contributed by atoms with Crippen molar-refractivity contribution in [2.24, 2.45) is 11.8 Å². The van der Waals surface area contributed by atoms with Crippen LogP contribution in [0.2, 0.25) is 0 Å². The van der Waals surface area contributed by atoms with Crippen molar-refractivity contribution in [2.75, 3.05) is 6.61 Å². The van der Waals surface area contributed by atoms with Crippen molar-refractivity contribution < 1.29 is 24.5 Å². The molecule has 1 rings (SSSR count). The Morgan fingerprint density at radius 2 is 1.56 bits per heavy atom. The van der Waals surface area contributed by atoms with Crippen molar-refractivity contribution in [3.05, 3.63) is 29.3 Å². The molecular formula is C20H30O5. The molecule has 2 atom stereocenters. The molecule has 1 aromatic rings. The highest BCUT2D eigenvalue weighted by atomic mass is 16.5. The average molecular weight is 350 g/mol. The van der Waals surface area contributed by atoms with E-state index < -0.39 is 23.8 Å². The summed E-state index contributed by atoms with van der Waals surface area (Å²) in [5.74, 6) is -3.36. The number of carboxylic acids is 2. The second kappa shape index (κ2) is 9.44. The Balaban J connectivity index is 3.57. The lowest BCUT2D eigenvalue weighted by Crippen LogP contribution is -2.25. The van der Waals surface area contributed by atoms with Crippen molar-refractivity contribution in [3.63, 3.8) is 0 Å². The summed E-state index contributed by atoms with van der Waals surface area (Å²) in [7, 11) is 0. The van der Waals surface area contributed by atoms with Crippen LogP contribution < -0.4 is 4.74 Å². The molecule has 0 radical (unpaired) electrons. The summed E-state index contributed by atoms with van der Waals surface area (Å²) < 4.78 is 5.85. The number of aliphatic carboxylic acids is 2. The first-order chi connectivity index (χ1) is 11.7. The zero-order valence-electron chi connectivity index (χ0n) is 15.8. The number of rotatable bonds is 10. The van der Waals surface area contributed by atoms with Gasteiger partial charge >= 0.3 is 11.9 Å². The highest BCUT2D eigenvalue weighted by Gasteiger charge is 2.34. The third kappa shape index (κ3) is 5.21. The van der Waals surface area contributed by atoms with Crippen LogP contribution in [0.3, 0.4) is 0 Å². The summed E-state index contributed by atoms with van der Waals surface area (Å²) in [4.78, 5) is 23.8. The summed E-state index contributed by atoms with van der Waals surface area (Å²) in [5, 5.41) is 19.5. The number of carboxylic acid groups (broad SMARTS) is 2. The molecule has 2 N–H and O–H groups in total. The summed E-state index contributed by atoms with van der Waals surface area (Å²) in [6, 6.07) is 5.21. The van der Waals surface area contributed by atoms with Gasteiger partial charge in [-0.05, 0) is 29.9 Å². The lowest BCUT2D eigenvalue weighted by Gasteiger charge is -2.27. The third-order valence-corrected chi connectivity index (χ3v) is 4.37. The van der Waals surface area contributed by atoms with Crippen LogP contribution in [-0.2, 0) is 9.59 Å². The summed E-state index contributed by atoms with van der Waals surface area (Å²) >= 11 is 0. The molecule has 0 aromatic heterocycles. The first-order valence-electron chi connectivity index (χ1n) is 8.93. The fourth-order valence-electron chi connectivity index (χ4n) is 3.14. The number of benzene rings is 1. The molecule has 0 fully saturated rings. The second-order valence-corrected chi connectivity index (χ2v) is 7.08. The van der Waals surface area contributed by atoms with E-state index in [-0.39, 0.29) is 11.8 Å². The zero-order chi connectivity index (χ0) is 19.1. The summed E-state index contributed by atoms with van der Waals surface area (Å²) in [6.45, 7) is 9.86. The van der Waals surface area contributed by atoms with E-state index in [1.807, 2.05) is 34.6 Å². The highest BCUT2D eigenvalue weighted by Crippen LogP contribution is 2.40. The van der Waals surface area contributed by atoms with E-state index in [0.717, 1.165) is 12.8 Å². The van der Waals surface area contributed by atoms with E-state index >= 15 is 0 Å². The number of hydrogen-bond donors (Lipinski definition) is 2. The van der Waals surface area contributed by atoms with Crippen LogP contribution in [0.5, 0.6) is 5.75 Å². The predicted octanol–water partition coefficient (Wildman–Crippen LogP) is 4.51. The summed E-state index contributed by atoms with van der Waals surface area (Å²) in [5.41, 5.74) is 1.04. The van der Waals surface area contributed by atoms with Crippen molar-refractivity contribution in [1.82, 2.24) is 0 Å². The monoisotopic (exact) mass is 350 g/mol. The van der Waals surface area contributed by atoms with Crippen LogP contribution in [0.15, 0.2) is 18.2 Å². The van der Waals surface area contributed by atoms with Gasteiger partial charge in [-0.3, -0.25) is 9.59 Å². The molecule has 0 aliphatic rings. The maximum atomic E-state index is 11.9. The van der Waals surface area contributed by atoms with Crippen LogP contribution in [0, 0.1) is 11.8 Å². The molecule has 5 nitrogen and oxygen atoms in total. The van der Waals surface area contributed by atoms with Crippen molar-refractivity contribution >= 4 is 11.9 Å². The smallest absolute Gasteiger partial charge is 0.311 e. The second-order valence-electron chi connectivity index (χ2n) is 7.08. The minimum atomic E-state index is -0.962. The topological polar surface area (TPSA) is 83.8 Å². The van der Waals surface area contributed by atoms with Crippen molar-refractivity contribution in [1.29, 1.82) is 0 Å². The first-order valence-corrected chi connectivity index (χ1v) is 8.93. The molecule has 0 amide bonds. The van der Waals surface area contributed by atoms with Gasteiger partial charge in [-0.15, -0.1) is 0 Å². The molecule has 2 unspecified atom stereocenters.